The van der Waals surface area contributed by atoms with Crippen molar-refractivity contribution in [2.24, 2.45) is 0 Å². The molecule has 108 valence electrons. The summed E-state index contributed by atoms with van der Waals surface area (Å²) in [6.07, 6.45) is 1.99. The first-order chi connectivity index (χ1) is 10.3. The van der Waals surface area contributed by atoms with Gasteiger partial charge >= 0.3 is 0 Å². The van der Waals surface area contributed by atoms with E-state index in [0.717, 1.165) is 12.3 Å². The van der Waals surface area contributed by atoms with Gasteiger partial charge in [-0.3, -0.25) is 0 Å². The van der Waals surface area contributed by atoms with E-state index in [9.17, 15) is 0 Å². The van der Waals surface area contributed by atoms with Crippen LogP contribution >= 0.6 is 0 Å². The molecular weight excluding hydrogens is 260 g/mol. The first-order valence-corrected chi connectivity index (χ1v) is 7.20. The number of para-hydroxylation sites is 1. The first kappa shape index (κ1) is 13.7. The number of aromatic amines is 1. The maximum absolute atomic E-state index is 5.19. The highest BCUT2D eigenvalue weighted by Crippen LogP contribution is 2.20. The minimum Gasteiger partial charge on any atom is -0.497 e. The van der Waals surface area contributed by atoms with E-state index in [1.807, 2.05) is 18.3 Å². The van der Waals surface area contributed by atoms with Crippen LogP contribution in [0.3, 0.4) is 0 Å². The zero-order valence-electron chi connectivity index (χ0n) is 12.4. The number of benzene rings is 2. The molecular formula is C18H20N2O. The van der Waals surface area contributed by atoms with Crippen molar-refractivity contribution in [1.29, 1.82) is 0 Å². The summed E-state index contributed by atoms with van der Waals surface area (Å²) in [6.45, 7) is 3.02. The summed E-state index contributed by atoms with van der Waals surface area (Å²) >= 11 is 0. The molecule has 0 aliphatic carbocycles. The van der Waals surface area contributed by atoms with Crippen LogP contribution in [0.15, 0.2) is 54.7 Å². The third-order valence-corrected chi connectivity index (χ3v) is 3.89. The lowest BCUT2D eigenvalue weighted by Gasteiger charge is -2.15. The second-order valence-electron chi connectivity index (χ2n) is 5.23. The molecule has 0 saturated heterocycles. The van der Waals surface area contributed by atoms with Gasteiger partial charge in [0.05, 0.1) is 7.11 Å². The van der Waals surface area contributed by atoms with E-state index in [2.05, 4.69) is 53.6 Å². The molecule has 3 aromatic rings. The summed E-state index contributed by atoms with van der Waals surface area (Å²) in [6, 6.07) is 17.0. The monoisotopic (exact) mass is 280 g/mol. The molecule has 0 unspecified atom stereocenters. The lowest BCUT2D eigenvalue weighted by molar-refractivity contribution is 0.414. The normalized spacial score (nSPS) is 12.5. The van der Waals surface area contributed by atoms with Crippen molar-refractivity contribution >= 4 is 10.9 Å². The van der Waals surface area contributed by atoms with Gasteiger partial charge in [-0.2, -0.15) is 0 Å². The second-order valence-corrected chi connectivity index (χ2v) is 5.23. The molecule has 3 heteroatoms. The largest absolute Gasteiger partial charge is 0.497 e. The third kappa shape index (κ3) is 2.93. The highest BCUT2D eigenvalue weighted by Gasteiger charge is 2.07. The molecule has 0 saturated carbocycles. The molecule has 3 rings (SSSR count). The average Bonchev–Trinajstić information content (AvgIpc) is 3.02. The maximum atomic E-state index is 5.19. The summed E-state index contributed by atoms with van der Waals surface area (Å²) in [4.78, 5) is 3.31. The van der Waals surface area contributed by atoms with Gasteiger partial charge in [0.15, 0.2) is 0 Å². The Morgan fingerprint density at radius 3 is 2.67 bits per heavy atom. The van der Waals surface area contributed by atoms with Gasteiger partial charge in [0.2, 0.25) is 0 Å². The van der Waals surface area contributed by atoms with Crippen LogP contribution in [0, 0.1) is 0 Å². The van der Waals surface area contributed by atoms with Gasteiger partial charge in [-0.1, -0.05) is 30.3 Å². The average molecular weight is 280 g/mol. The Hall–Kier alpha value is -2.26. The molecule has 1 aromatic heterocycles. The first-order valence-electron chi connectivity index (χ1n) is 7.20. The Kier molecular flexibility index (Phi) is 3.93. The molecule has 0 amide bonds. The summed E-state index contributed by atoms with van der Waals surface area (Å²) in [5.74, 6) is 0.891. The van der Waals surface area contributed by atoms with Crippen LogP contribution in [0.1, 0.15) is 24.1 Å². The van der Waals surface area contributed by atoms with E-state index in [1.165, 1.54) is 22.0 Å². The number of nitrogens with one attached hydrogen (secondary N) is 2. The van der Waals surface area contributed by atoms with Crippen LogP contribution in [0.25, 0.3) is 10.9 Å². The predicted octanol–water partition coefficient (Wildman–Crippen LogP) is 4.03. The van der Waals surface area contributed by atoms with E-state index in [0.29, 0.717) is 6.04 Å². The number of fused-ring (bicyclic) bond motifs is 1. The lowest BCUT2D eigenvalue weighted by Crippen LogP contribution is -2.18. The van der Waals surface area contributed by atoms with E-state index in [4.69, 9.17) is 4.74 Å². The Morgan fingerprint density at radius 2 is 1.90 bits per heavy atom. The van der Waals surface area contributed by atoms with Crippen LogP contribution in [0.5, 0.6) is 5.75 Å². The van der Waals surface area contributed by atoms with Crippen LogP contribution in [-0.2, 0) is 6.54 Å². The van der Waals surface area contributed by atoms with Crippen molar-refractivity contribution in [3.63, 3.8) is 0 Å². The molecule has 2 N–H and O–H groups in total. The smallest absolute Gasteiger partial charge is 0.118 e. The van der Waals surface area contributed by atoms with E-state index >= 15 is 0 Å². The van der Waals surface area contributed by atoms with Crippen molar-refractivity contribution < 1.29 is 4.74 Å². The summed E-state index contributed by atoms with van der Waals surface area (Å²) in [7, 11) is 1.69. The molecule has 0 aliphatic rings. The molecule has 21 heavy (non-hydrogen) atoms. The van der Waals surface area contributed by atoms with Crippen molar-refractivity contribution in [2.75, 3.05) is 7.11 Å². The van der Waals surface area contributed by atoms with E-state index in [1.54, 1.807) is 7.11 Å². The molecule has 2 aromatic carbocycles. The number of aromatic nitrogens is 1. The standard InChI is InChI=1S/C18H20N2O/c1-13(14-6-8-17(21-2)9-7-14)20-12-16-5-3-4-15-10-11-19-18(15)16/h3-11,13,19-20H,12H2,1-2H3/t13-/m1/s1. The van der Waals surface area contributed by atoms with Gasteiger partial charge < -0.3 is 15.0 Å². The fraction of sp³-hybridized carbons (Fsp3) is 0.222. The molecule has 0 spiro atoms. The molecule has 0 aliphatic heterocycles. The zero-order chi connectivity index (χ0) is 14.7. The van der Waals surface area contributed by atoms with Gasteiger partial charge in [0, 0.05) is 24.3 Å². The van der Waals surface area contributed by atoms with Crippen LogP contribution in [-0.4, -0.2) is 12.1 Å². The van der Waals surface area contributed by atoms with Crippen molar-refractivity contribution in [3.8, 4) is 5.75 Å². The fourth-order valence-electron chi connectivity index (χ4n) is 2.57. The quantitative estimate of drug-likeness (QED) is 0.740. The van der Waals surface area contributed by atoms with Crippen molar-refractivity contribution in [2.45, 2.75) is 19.5 Å². The third-order valence-electron chi connectivity index (χ3n) is 3.89. The molecule has 1 heterocycles. The molecule has 0 bridgehead atoms. The second kappa shape index (κ2) is 6.02. The van der Waals surface area contributed by atoms with Crippen LogP contribution < -0.4 is 10.1 Å². The summed E-state index contributed by atoms with van der Waals surface area (Å²) in [5.41, 5.74) is 3.76. The minimum atomic E-state index is 0.293. The Balaban J connectivity index is 1.70. The highest BCUT2D eigenvalue weighted by atomic mass is 16.5. The van der Waals surface area contributed by atoms with Gasteiger partial charge in [-0.15, -0.1) is 0 Å². The highest BCUT2D eigenvalue weighted by molar-refractivity contribution is 5.82. The van der Waals surface area contributed by atoms with Gasteiger partial charge in [0.1, 0.15) is 5.75 Å². The molecule has 0 fully saturated rings. The maximum Gasteiger partial charge on any atom is 0.118 e. The topological polar surface area (TPSA) is 37.0 Å². The zero-order valence-corrected chi connectivity index (χ0v) is 12.4. The number of hydrogen-bond donors (Lipinski definition) is 2. The SMILES string of the molecule is COc1ccc([C@@H](C)NCc2cccc3cc[nH]c23)cc1. The number of H-pyrrole nitrogens is 1. The number of rotatable bonds is 5. The fourth-order valence-corrected chi connectivity index (χ4v) is 2.57. The summed E-state index contributed by atoms with van der Waals surface area (Å²) < 4.78 is 5.19. The number of hydrogen-bond acceptors (Lipinski definition) is 2. The van der Waals surface area contributed by atoms with Crippen LogP contribution in [0.2, 0.25) is 0 Å². The van der Waals surface area contributed by atoms with Gasteiger partial charge in [-0.05, 0) is 41.6 Å². The molecule has 0 radical (unpaired) electrons. The van der Waals surface area contributed by atoms with Gasteiger partial charge in [0.25, 0.3) is 0 Å². The minimum absolute atomic E-state index is 0.293. The number of ether oxygens (including phenoxy) is 1. The van der Waals surface area contributed by atoms with E-state index < -0.39 is 0 Å². The molecule has 1 atom stereocenters. The summed E-state index contributed by atoms with van der Waals surface area (Å²) in [5, 5.41) is 4.83. The van der Waals surface area contributed by atoms with Crippen molar-refractivity contribution in [1.82, 2.24) is 10.3 Å². The Bertz CT molecular complexity index is 715. The predicted molar refractivity (Wildman–Crippen MR) is 86.5 cm³/mol. The van der Waals surface area contributed by atoms with Crippen molar-refractivity contribution in [3.05, 3.63) is 65.9 Å². The van der Waals surface area contributed by atoms with Gasteiger partial charge in [-0.25, -0.2) is 0 Å². The van der Waals surface area contributed by atoms with E-state index in [-0.39, 0.29) is 0 Å². The molecule has 3 nitrogen and oxygen atoms in total. The van der Waals surface area contributed by atoms with Crippen LogP contribution in [0.4, 0.5) is 0 Å². The number of methoxy groups -OCH3 is 1. The lowest BCUT2D eigenvalue weighted by atomic mass is 10.1. The Labute approximate surface area is 125 Å². The Morgan fingerprint density at radius 1 is 1.10 bits per heavy atom.